The first kappa shape index (κ1) is 56.3. The zero-order valence-corrected chi connectivity index (χ0v) is 51.4. The van der Waals surface area contributed by atoms with Crippen molar-refractivity contribution in [2.45, 2.75) is 0 Å². The van der Waals surface area contributed by atoms with Crippen molar-refractivity contribution in [3.63, 3.8) is 0 Å². The van der Waals surface area contributed by atoms with Gasteiger partial charge < -0.3 is 19.1 Å². The highest BCUT2D eigenvalue weighted by Gasteiger charge is 2.18. The molecule has 0 atom stereocenters. The largest absolute Gasteiger partial charge is 0.456 e. The number of hydrogen-bond donors (Lipinski definition) is 1. The quantitative estimate of drug-likeness (QED) is 0.146. The van der Waals surface area contributed by atoms with E-state index < -0.39 is 0 Å². The van der Waals surface area contributed by atoms with E-state index in [0.717, 1.165) is 77.3 Å². The molecule has 0 radical (unpaired) electrons. The van der Waals surface area contributed by atoms with Crippen molar-refractivity contribution in [2.24, 2.45) is 0 Å². The fourth-order valence-corrected chi connectivity index (χ4v) is 13.2. The Morgan fingerprint density at radius 2 is 0.570 bits per heavy atom. The van der Waals surface area contributed by atoms with Gasteiger partial charge in [-0.25, -0.2) is 0 Å². The third kappa shape index (κ3) is 11.3. The molecule has 4 nitrogen and oxygen atoms in total. The summed E-state index contributed by atoms with van der Waals surface area (Å²) in [7, 11) is 0. The van der Waals surface area contributed by atoms with Crippen LogP contribution in [0.15, 0.2) is 361 Å². The Bertz CT molecular complexity index is 5700. The van der Waals surface area contributed by atoms with Crippen LogP contribution in [-0.2, 0) is 0 Å². The molecule has 18 aromatic rings. The Kier molecular flexibility index (Phi) is 15.0. The molecule has 0 fully saturated rings. The lowest BCUT2D eigenvalue weighted by atomic mass is 9.93. The van der Waals surface area contributed by atoms with E-state index in [1.807, 2.05) is 48.5 Å². The van der Waals surface area contributed by atoms with Gasteiger partial charge in [-0.3, -0.25) is 0 Å². The van der Waals surface area contributed by atoms with Crippen LogP contribution in [0.3, 0.4) is 0 Å². The van der Waals surface area contributed by atoms with Gasteiger partial charge in [-0.2, -0.15) is 0 Å². The summed E-state index contributed by atoms with van der Waals surface area (Å²) in [6.07, 6.45) is 0. The topological polar surface area (TPSA) is 41.6 Å². The van der Waals surface area contributed by atoms with Crippen molar-refractivity contribution in [3.8, 4) is 44.5 Å². The van der Waals surface area contributed by atoms with Gasteiger partial charge in [-0.15, -0.1) is 0 Å². The summed E-state index contributed by atoms with van der Waals surface area (Å²) in [5, 5.41) is 19.0. The van der Waals surface area contributed by atoms with Crippen molar-refractivity contribution in [1.29, 1.82) is 0 Å². The predicted octanol–water partition coefficient (Wildman–Crippen LogP) is 26.0. The minimum Gasteiger partial charge on any atom is -0.456 e. The van der Waals surface area contributed by atoms with Crippen molar-refractivity contribution >= 4 is 127 Å². The lowest BCUT2D eigenvalue weighted by molar-refractivity contribution is 0.668. The fraction of sp³-hybridized carbons (Fsp3) is 0. The molecule has 2 aromatic heterocycles. The van der Waals surface area contributed by atoms with Crippen LogP contribution in [0.5, 0.6) is 0 Å². The number of nitrogens with one attached hydrogen (secondary N) is 1. The van der Waals surface area contributed by atoms with Gasteiger partial charge in [0.25, 0.3) is 0 Å². The number of halogens is 1. The number of anilines is 5. The molecule has 440 valence electrons. The minimum absolute atomic E-state index is 0.767. The van der Waals surface area contributed by atoms with Gasteiger partial charge in [0.15, 0.2) is 0 Å². The second-order valence-electron chi connectivity index (χ2n) is 23.3. The first-order valence-electron chi connectivity index (χ1n) is 31.4. The van der Waals surface area contributed by atoms with Crippen molar-refractivity contribution < 1.29 is 8.83 Å². The zero-order chi connectivity index (χ0) is 62.0. The molecule has 0 aliphatic rings. The van der Waals surface area contributed by atoms with Crippen LogP contribution < -0.4 is 10.2 Å². The lowest BCUT2D eigenvalue weighted by Crippen LogP contribution is -2.09. The highest BCUT2D eigenvalue weighted by molar-refractivity contribution is 6.30. The molecule has 0 bridgehead atoms. The average molecular weight is 1210 g/mol. The molecule has 0 aliphatic heterocycles. The molecule has 0 unspecified atom stereocenters. The van der Waals surface area contributed by atoms with Crippen LogP contribution >= 0.6 is 11.6 Å². The Hall–Kier alpha value is -12.0. The molecular weight excluding hydrogens is 1150 g/mol. The van der Waals surface area contributed by atoms with Crippen molar-refractivity contribution in [1.82, 2.24) is 0 Å². The van der Waals surface area contributed by atoms with E-state index in [4.69, 9.17) is 20.4 Å². The minimum atomic E-state index is 0.767. The molecule has 0 aliphatic carbocycles. The molecule has 0 saturated carbocycles. The van der Waals surface area contributed by atoms with E-state index in [2.05, 4.69) is 314 Å². The molecule has 18 rings (SSSR count). The number of benzene rings is 16. The number of rotatable bonds is 9. The number of hydrogen-bond acceptors (Lipinski definition) is 4. The van der Waals surface area contributed by atoms with Gasteiger partial charge in [0.05, 0.1) is 0 Å². The fourth-order valence-electron chi connectivity index (χ4n) is 13.1. The Balaban J connectivity index is 0.000000123. The van der Waals surface area contributed by atoms with E-state index in [1.165, 1.54) is 87.6 Å². The summed E-state index contributed by atoms with van der Waals surface area (Å²) in [4.78, 5) is 2.31. The molecule has 16 aromatic carbocycles. The second-order valence-corrected chi connectivity index (χ2v) is 23.8. The van der Waals surface area contributed by atoms with E-state index in [9.17, 15) is 0 Å². The average Bonchev–Trinajstić information content (AvgIpc) is 1.63. The molecule has 0 amide bonds. The number of nitrogens with zero attached hydrogens (tertiary/aromatic N) is 1. The Labute approximate surface area is 544 Å². The smallest absolute Gasteiger partial charge is 0.137 e. The third-order valence-corrected chi connectivity index (χ3v) is 17.9. The molecule has 1 N–H and O–H groups in total. The van der Waals surface area contributed by atoms with Gasteiger partial charge in [0.1, 0.15) is 22.3 Å². The summed E-state index contributed by atoms with van der Waals surface area (Å²) in [5.74, 6) is 0. The van der Waals surface area contributed by atoms with E-state index in [0.29, 0.717) is 0 Å². The van der Waals surface area contributed by atoms with Gasteiger partial charge in [0.2, 0.25) is 0 Å². The lowest BCUT2D eigenvalue weighted by Gasteiger charge is -2.26. The SMILES string of the molecule is Clc1ccc(-c2cc3ccccc3c3ccccc23)cc1.c1ccc(-c2ccc(N(c3ccc(-c4cc5ccccc5c5ccccc45)cc3)c3ccc4c(c3)oc3ccccc34)cc2)cc1.c1ccc(-c2ccc(Nc3ccc4c(c3)oc3ccccc34)cc2)cc1. The van der Waals surface area contributed by atoms with Crippen LogP contribution in [0.1, 0.15) is 0 Å². The number of furan rings is 2. The Morgan fingerprint density at radius 1 is 0.226 bits per heavy atom. The molecule has 93 heavy (non-hydrogen) atoms. The highest BCUT2D eigenvalue weighted by atomic mass is 35.5. The summed E-state index contributed by atoms with van der Waals surface area (Å²) in [5.41, 5.74) is 18.6. The van der Waals surface area contributed by atoms with Gasteiger partial charge in [-0.1, -0.05) is 254 Å². The molecule has 0 spiro atoms. The van der Waals surface area contributed by atoms with E-state index in [-0.39, 0.29) is 0 Å². The maximum Gasteiger partial charge on any atom is 0.137 e. The zero-order valence-electron chi connectivity index (χ0n) is 50.6. The monoisotopic (exact) mass is 1210 g/mol. The maximum atomic E-state index is 6.32. The third-order valence-electron chi connectivity index (χ3n) is 17.6. The van der Waals surface area contributed by atoms with Crippen LogP contribution in [-0.4, -0.2) is 0 Å². The Morgan fingerprint density at radius 3 is 1.08 bits per heavy atom. The summed E-state index contributed by atoms with van der Waals surface area (Å²) < 4.78 is 12.3. The van der Waals surface area contributed by atoms with Crippen molar-refractivity contribution in [3.05, 3.63) is 357 Å². The molecule has 2 heterocycles. The van der Waals surface area contributed by atoms with Crippen LogP contribution in [0.2, 0.25) is 5.02 Å². The summed E-state index contributed by atoms with van der Waals surface area (Å²) in [6.45, 7) is 0. The van der Waals surface area contributed by atoms with Gasteiger partial charge >= 0.3 is 0 Å². The summed E-state index contributed by atoms with van der Waals surface area (Å²) in [6, 6.07) is 123. The second kappa shape index (κ2) is 24.8. The number of fused-ring (bicyclic) bond motifs is 12. The van der Waals surface area contributed by atoms with Gasteiger partial charge in [0, 0.05) is 67.1 Å². The maximum absolute atomic E-state index is 6.32. The van der Waals surface area contributed by atoms with Crippen LogP contribution in [0, 0.1) is 0 Å². The highest BCUT2D eigenvalue weighted by Crippen LogP contribution is 2.42. The molecular formula is C88H59ClN2O2. The van der Waals surface area contributed by atoms with Crippen LogP contribution in [0.25, 0.3) is 131 Å². The normalized spacial score (nSPS) is 11.3. The molecule has 0 saturated heterocycles. The summed E-state index contributed by atoms with van der Waals surface area (Å²) >= 11 is 6.01. The van der Waals surface area contributed by atoms with E-state index >= 15 is 0 Å². The van der Waals surface area contributed by atoms with Crippen LogP contribution in [0.4, 0.5) is 28.4 Å². The standard InChI is InChI=1S/C44H29NO.C24H17NO.C20H13Cl/c1-2-10-30(11-3-1)31-18-22-34(23-19-31)45(36-26-27-41-40-16-8-9-17-43(40)46-44(41)29-36)35-24-20-32(21-25-35)42-28-33-12-4-5-13-37(33)38-14-6-7-15-39(38)42;1-2-6-17(7-3-1)18-10-12-19(13-11-18)25-20-14-15-22-21-8-4-5-9-23(21)26-24(22)16-20;21-16-11-9-14(10-12-16)20-13-15-5-1-2-6-17(15)18-7-3-4-8-19(18)20/h1-29H;1-16,25H;1-13H. The van der Waals surface area contributed by atoms with E-state index in [1.54, 1.807) is 0 Å². The van der Waals surface area contributed by atoms with Gasteiger partial charge in [-0.05, 0) is 185 Å². The first-order valence-corrected chi connectivity index (χ1v) is 31.8. The van der Waals surface area contributed by atoms with Crippen molar-refractivity contribution in [2.75, 3.05) is 10.2 Å². The number of para-hydroxylation sites is 2. The first-order chi connectivity index (χ1) is 46.0. The molecule has 5 heteroatoms. The predicted molar refractivity (Wildman–Crippen MR) is 395 cm³/mol.